The summed E-state index contributed by atoms with van der Waals surface area (Å²) in [6, 6.07) is 6.50. The molecule has 2 aromatic rings. The van der Waals surface area contributed by atoms with Crippen LogP contribution in [0.3, 0.4) is 0 Å². The minimum absolute atomic E-state index is 0.0356. The summed E-state index contributed by atoms with van der Waals surface area (Å²) in [5.74, 6) is -1.49. The Morgan fingerprint density at radius 3 is 2.32 bits per heavy atom. The van der Waals surface area contributed by atoms with Crippen molar-refractivity contribution >= 4 is 0 Å². The molecule has 0 spiro atoms. The van der Waals surface area contributed by atoms with Crippen LogP contribution in [-0.2, 0) is 0 Å². The van der Waals surface area contributed by atoms with Gasteiger partial charge in [-0.3, -0.25) is 0 Å². The van der Waals surface area contributed by atoms with Crippen molar-refractivity contribution in [2.24, 2.45) is 0 Å². The monoisotopic (exact) mass is 260 g/mol. The van der Waals surface area contributed by atoms with Gasteiger partial charge in [-0.15, -0.1) is 0 Å². The van der Waals surface area contributed by atoms with Gasteiger partial charge in [0.1, 0.15) is 29.0 Å². The standard InChI is InChI=1S/C14H10F2N2O/c1-8-3-9(2)18-14(13(8)7-17)19-12-5-10(15)4-11(16)6-12/h3-6H,1-2H3. The Balaban J connectivity index is 2.46. The van der Waals surface area contributed by atoms with E-state index in [0.29, 0.717) is 11.3 Å². The summed E-state index contributed by atoms with van der Waals surface area (Å²) in [5, 5.41) is 9.06. The molecule has 96 valence electrons. The second-order valence-electron chi connectivity index (χ2n) is 4.08. The molecule has 0 aliphatic rings. The van der Waals surface area contributed by atoms with E-state index >= 15 is 0 Å². The predicted molar refractivity (Wildman–Crippen MR) is 64.9 cm³/mol. The van der Waals surface area contributed by atoms with Crippen molar-refractivity contribution in [3.8, 4) is 17.7 Å². The van der Waals surface area contributed by atoms with Crippen LogP contribution >= 0.6 is 0 Å². The van der Waals surface area contributed by atoms with Crippen molar-refractivity contribution in [2.75, 3.05) is 0 Å². The second kappa shape index (κ2) is 5.02. The highest BCUT2D eigenvalue weighted by Crippen LogP contribution is 2.26. The molecule has 3 nitrogen and oxygen atoms in total. The first-order valence-corrected chi connectivity index (χ1v) is 5.52. The number of benzene rings is 1. The average Bonchev–Trinajstić information content (AvgIpc) is 2.26. The van der Waals surface area contributed by atoms with E-state index < -0.39 is 11.6 Å². The fraction of sp³-hybridized carbons (Fsp3) is 0.143. The second-order valence-corrected chi connectivity index (χ2v) is 4.08. The SMILES string of the molecule is Cc1cc(C)c(C#N)c(Oc2cc(F)cc(F)c2)n1. The number of aryl methyl sites for hydroxylation is 2. The molecule has 1 aromatic heterocycles. The van der Waals surface area contributed by atoms with Gasteiger partial charge in [0.05, 0.1) is 0 Å². The first-order valence-electron chi connectivity index (χ1n) is 5.52. The minimum Gasteiger partial charge on any atom is -0.437 e. The summed E-state index contributed by atoms with van der Waals surface area (Å²) in [4.78, 5) is 4.07. The lowest BCUT2D eigenvalue weighted by atomic mass is 10.1. The molecule has 0 saturated carbocycles. The van der Waals surface area contributed by atoms with Gasteiger partial charge in [0.15, 0.2) is 0 Å². The topological polar surface area (TPSA) is 45.9 Å². The summed E-state index contributed by atoms with van der Waals surface area (Å²) >= 11 is 0. The van der Waals surface area contributed by atoms with Gasteiger partial charge >= 0.3 is 0 Å². The molecule has 1 aromatic carbocycles. The van der Waals surface area contributed by atoms with Crippen molar-refractivity contribution < 1.29 is 13.5 Å². The molecule has 0 unspecified atom stereocenters. The summed E-state index contributed by atoms with van der Waals surface area (Å²) in [6.45, 7) is 3.49. The number of hydrogen-bond donors (Lipinski definition) is 0. The van der Waals surface area contributed by atoms with Crippen molar-refractivity contribution in [3.63, 3.8) is 0 Å². The lowest BCUT2D eigenvalue weighted by Gasteiger charge is -2.09. The van der Waals surface area contributed by atoms with Crippen LogP contribution in [0.25, 0.3) is 0 Å². The van der Waals surface area contributed by atoms with E-state index in [1.807, 2.05) is 6.07 Å². The molecule has 0 fully saturated rings. The maximum absolute atomic E-state index is 13.1. The maximum Gasteiger partial charge on any atom is 0.237 e. The Labute approximate surface area is 109 Å². The Bertz CT molecular complexity index is 658. The zero-order valence-electron chi connectivity index (χ0n) is 10.4. The van der Waals surface area contributed by atoms with E-state index in [1.54, 1.807) is 19.9 Å². The van der Waals surface area contributed by atoms with Gasteiger partial charge in [-0.25, -0.2) is 13.8 Å². The van der Waals surface area contributed by atoms with Gasteiger partial charge in [0, 0.05) is 23.9 Å². The van der Waals surface area contributed by atoms with Crippen LogP contribution in [-0.4, -0.2) is 4.98 Å². The number of halogens is 2. The molecular formula is C14H10F2N2O. The molecule has 0 saturated heterocycles. The van der Waals surface area contributed by atoms with Crippen LogP contribution in [0.4, 0.5) is 8.78 Å². The lowest BCUT2D eigenvalue weighted by Crippen LogP contribution is -1.97. The zero-order valence-corrected chi connectivity index (χ0v) is 10.4. The third kappa shape index (κ3) is 2.86. The maximum atomic E-state index is 13.1. The number of pyridine rings is 1. The molecule has 2 rings (SSSR count). The molecule has 5 heteroatoms. The number of nitrogens with zero attached hydrogens (tertiary/aromatic N) is 2. The third-order valence-corrected chi connectivity index (χ3v) is 2.47. The molecule has 0 atom stereocenters. The Kier molecular flexibility index (Phi) is 3.43. The van der Waals surface area contributed by atoms with Crippen LogP contribution < -0.4 is 4.74 Å². The number of aromatic nitrogens is 1. The summed E-state index contributed by atoms with van der Waals surface area (Å²) in [7, 11) is 0. The quantitative estimate of drug-likeness (QED) is 0.828. The van der Waals surface area contributed by atoms with Crippen molar-refractivity contribution in [1.29, 1.82) is 5.26 Å². The van der Waals surface area contributed by atoms with Gasteiger partial charge in [0.25, 0.3) is 0 Å². The Morgan fingerprint density at radius 2 is 1.74 bits per heavy atom. The van der Waals surface area contributed by atoms with Crippen molar-refractivity contribution in [1.82, 2.24) is 4.98 Å². The molecule has 0 bridgehead atoms. The summed E-state index contributed by atoms with van der Waals surface area (Å²) in [6.07, 6.45) is 0. The minimum atomic E-state index is -0.752. The van der Waals surface area contributed by atoms with E-state index in [2.05, 4.69) is 4.98 Å². The molecule has 0 aliphatic carbocycles. The average molecular weight is 260 g/mol. The Hall–Kier alpha value is -2.48. The number of rotatable bonds is 2. The van der Waals surface area contributed by atoms with Gasteiger partial charge in [0.2, 0.25) is 5.88 Å². The van der Waals surface area contributed by atoms with Crippen molar-refractivity contribution in [3.05, 3.63) is 52.7 Å². The zero-order chi connectivity index (χ0) is 14.0. The number of nitriles is 1. The van der Waals surface area contributed by atoms with Crippen LogP contribution in [0, 0.1) is 36.8 Å². The fourth-order valence-corrected chi connectivity index (χ4v) is 1.71. The highest BCUT2D eigenvalue weighted by molar-refractivity contribution is 5.46. The molecule has 0 radical (unpaired) electrons. The fourth-order valence-electron chi connectivity index (χ4n) is 1.71. The normalized spacial score (nSPS) is 10.1. The van der Waals surface area contributed by atoms with E-state index in [9.17, 15) is 8.78 Å². The van der Waals surface area contributed by atoms with Gasteiger partial charge in [-0.05, 0) is 25.5 Å². The summed E-state index contributed by atoms with van der Waals surface area (Å²) in [5.41, 5.74) is 1.60. The third-order valence-electron chi connectivity index (χ3n) is 2.47. The van der Waals surface area contributed by atoms with E-state index in [-0.39, 0.29) is 17.2 Å². The van der Waals surface area contributed by atoms with Crippen LogP contribution in [0.2, 0.25) is 0 Å². The van der Waals surface area contributed by atoms with Gasteiger partial charge in [-0.1, -0.05) is 0 Å². The van der Waals surface area contributed by atoms with Gasteiger partial charge < -0.3 is 4.74 Å². The highest BCUT2D eigenvalue weighted by Gasteiger charge is 2.12. The lowest BCUT2D eigenvalue weighted by molar-refractivity contribution is 0.448. The molecular weight excluding hydrogens is 250 g/mol. The van der Waals surface area contributed by atoms with Crippen LogP contribution in [0.1, 0.15) is 16.8 Å². The first-order chi connectivity index (χ1) is 8.99. The molecule has 0 N–H and O–H groups in total. The molecule has 19 heavy (non-hydrogen) atoms. The van der Waals surface area contributed by atoms with E-state index in [0.717, 1.165) is 18.2 Å². The molecule has 1 heterocycles. The van der Waals surface area contributed by atoms with E-state index in [4.69, 9.17) is 10.00 Å². The van der Waals surface area contributed by atoms with Gasteiger partial charge in [-0.2, -0.15) is 5.26 Å². The van der Waals surface area contributed by atoms with Crippen LogP contribution in [0.15, 0.2) is 24.3 Å². The Morgan fingerprint density at radius 1 is 1.11 bits per heavy atom. The van der Waals surface area contributed by atoms with Crippen LogP contribution in [0.5, 0.6) is 11.6 Å². The first kappa shape index (κ1) is 13.0. The van der Waals surface area contributed by atoms with E-state index in [1.165, 1.54) is 0 Å². The predicted octanol–water partition coefficient (Wildman–Crippen LogP) is 3.64. The largest absolute Gasteiger partial charge is 0.437 e. The molecule has 0 aliphatic heterocycles. The number of ether oxygens (including phenoxy) is 1. The number of hydrogen-bond acceptors (Lipinski definition) is 3. The highest BCUT2D eigenvalue weighted by atomic mass is 19.1. The summed E-state index contributed by atoms with van der Waals surface area (Å²) < 4.78 is 31.4. The van der Waals surface area contributed by atoms with Crippen molar-refractivity contribution in [2.45, 2.75) is 13.8 Å². The molecule has 0 amide bonds. The smallest absolute Gasteiger partial charge is 0.237 e.